The molecule has 0 saturated heterocycles. The maximum absolute atomic E-state index is 11.3. The van der Waals surface area contributed by atoms with E-state index in [2.05, 4.69) is 5.32 Å². The molecule has 86 valence electrons. The van der Waals surface area contributed by atoms with E-state index < -0.39 is 4.92 Å². The summed E-state index contributed by atoms with van der Waals surface area (Å²) in [7, 11) is 0. The number of nitrogens with zero attached hydrogens (tertiary/aromatic N) is 1. The van der Waals surface area contributed by atoms with Crippen LogP contribution in [0.3, 0.4) is 0 Å². The average Bonchev–Trinajstić information content (AvgIpc) is 2.17. The van der Waals surface area contributed by atoms with Crippen molar-refractivity contribution in [2.75, 3.05) is 5.32 Å². The minimum atomic E-state index is -0.558. The first-order valence-electron chi connectivity index (χ1n) is 4.78. The Bertz CT molecular complexity index is 421. The van der Waals surface area contributed by atoms with E-state index in [0.29, 0.717) is 17.9 Å². The molecule has 1 aromatic rings. The summed E-state index contributed by atoms with van der Waals surface area (Å²) >= 11 is 5.71. The number of hydrogen-bond donors (Lipinski definition) is 1. The first-order chi connectivity index (χ1) is 7.54. The van der Waals surface area contributed by atoms with Crippen molar-refractivity contribution in [3.8, 4) is 0 Å². The predicted octanol–water partition coefficient (Wildman–Crippen LogP) is 2.99. The molecule has 0 radical (unpaired) electrons. The molecular formula is C10H11ClN2O3. The zero-order chi connectivity index (χ0) is 12.1. The van der Waals surface area contributed by atoms with Crippen molar-refractivity contribution in [1.82, 2.24) is 0 Å². The third kappa shape index (κ3) is 3.20. The van der Waals surface area contributed by atoms with Gasteiger partial charge in [0.1, 0.15) is 5.69 Å². The number of benzene rings is 1. The minimum Gasteiger partial charge on any atom is -0.320 e. The van der Waals surface area contributed by atoms with Crippen molar-refractivity contribution in [1.29, 1.82) is 0 Å². The summed E-state index contributed by atoms with van der Waals surface area (Å²) < 4.78 is 0. The molecule has 0 fully saturated rings. The zero-order valence-corrected chi connectivity index (χ0v) is 9.45. The molecule has 5 nitrogen and oxygen atoms in total. The maximum atomic E-state index is 11.3. The maximum Gasteiger partial charge on any atom is 0.292 e. The van der Waals surface area contributed by atoms with Crippen LogP contribution >= 0.6 is 11.6 Å². The second-order valence-corrected chi connectivity index (χ2v) is 3.65. The van der Waals surface area contributed by atoms with Crippen molar-refractivity contribution in [3.63, 3.8) is 0 Å². The zero-order valence-electron chi connectivity index (χ0n) is 8.70. The number of nitro groups is 1. The monoisotopic (exact) mass is 242 g/mol. The molecule has 1 amide bonds. The van der Waals surface area contributed by atoms with Crippen LogP contribution in [0.1, 0.15) is 19.8 Å². The number of amides is 1. The fourth-order valence-electron chi connectivity index (χ4n) is 1.21. The number of hydrogen-bond acceptors (Lipinski definition) is 3. The SMILES string of the molecule is CCCC(=O)Nc1cc(Cl)ccc1[N+](=O)[O-]. The Morgan fingerprint density at radius 3 is 2.81 bits per heavy atom. The molecule has 1 rings (SSSR count). The quantitative estimate of drug-likeness (QED) is 0.652. The number of rotatable bonds is 4. The molecule has 0 aromatic heterocycles. The van der Waals surface area contributed by atoms with E-state index in [1.807, 2.05) is 6.92 Å². The van der Waals surface area contributed by atoms with Gasteiger partial charge in [0.2, 0.25) is 5.91 Å². The predicted molar refractivity (Wildman–Crippen MR) is 61.6 cm³/mol. The normalized spacial score (nSPS) is 9.88. The third-order valence-electron chi connectivity index (χ3n) is 1.91. The van der Waals surface area contributed by atoms with E-state index in [0.717, 1.165) is 0 Å². The summed E-state index contributed by atoms with van der Waals surface area (Å²) in [6.07, 6.45) is 1.00. The fraction of sp³-hybridized carbons (Fsp3) is 0.300. The van der Waals surface area contributed by atoms with Crippen molar-refractivity contribution in [2.24, 2.45) is 0 Å². The van der Waals surface area contributed by atoms with Gasteiger partial charge in [-0.3, -0.25) is 14.9 Å². The molecule has 16 heavy (non-hydrogen) atoms. The van der Waals surface area contributed by atoms with E-state index >= 15 is 0 Å². The van der Waals surface area contributed by atoms with E-state index in [-0.39, 0.29) is 17.3 Å². The highest BCUT2D eigenvalue weighted by molar-refractivity contribution is 6.31. The van der Waals surface area contributed by atoms with Crippen molar-refractivity contribution < 1.29 is 9.72 Å². The largest absolute Gasteiger partial charge is 0.320 e. The number of nitrogens with one attached hydrogen (secondary N) is 1. The van der Waals surface area contributed by atoms with Gasteiger partial charge in [-0.25, -0.2) is 0 Å². The molecule has 0 aliphatic heterocycles. The lowest BCUT2D eigenvalue weighted by molar-refractivity contribution is -0.383. The Morgan fingerprint density at radius 1 is 1.56 bits per heavy atom. The van der Waals surface area contributed by atoms with E-state index in [9.17, 15) is 14.9 Å². The van der Waals surface area contributed by atoms with Gasteiger partial charge in [0.25, 0.3) is 5.69 Å². The number of carbonyl (C=O) groups is 1. The summed E-state index contributed by atoms with van der Waals surface area (Å²) in [6, 6.07) is 4.05. The minimum absolute atomic E-state index is 0.135. The molecule has 0 bridgehead atoms. The second-order valence-electron chi connectivity index (χ2n) is 3.22. The van der Waals surface area contributed by atoms with Gasteiger partial charge < -0.3 is 5.32 Å². The van der Waals surface area contributed by atoms with Crippen LogP contribution in [0.5, 0.6) is 0 Å². The van der Waals surface area contributed by atoms with Crippen molar-refractivity contribution in [2.45, 2.75) is 19.8 Å². The highest BCUT2D eigenvalue weighted by atomic mass is 35.5. The fourth-order valence-corrected chi connectivity index (χ4v) is 1.38. The number of nitro benzene ring substituents is 1. The van der Waals surface area contributed by atoms with Gasteiger partial charge >= 0.3 is 0 Å². The van der Waals surface area contributed by atoms with Gasteiger partial charge in [-0.2, -0.15) is 0 Å². The highest BCUT2D eigenvalue weighted by Crippen LogP contribution is 2.27. The van der Waals surface area contributed by atoms with E-state index in [1.165, 1.54) is 18.2 Å². The summed E-state index contributed by atoms with van der Waals surface area (Å²) in [5.74, 6) is -0.257. The van der Waals surface area contributed by atoms with Gasteiger partial charge in [-0.15, -0.1) is 0 Å². The first kappa shape index (κ1) is 12.4. The Kier molecular flexibility index (Phi) is 4.25. The van der Waals surface area contributed by atoms with Crippen LogP contribution in [0.2, 0.25) is 5.02 Å². The van der Waals surface area contributed by atoms with Crippen molar-refractivity contribution in [3.05, 3.63) is 33.3 Å². The number of halogens is 1. The average molecular weight is 243 g/mol. The topological polar surface area (TPSA) is 72.2 Å². The molecule has 0 saturated carbocycles. The van der Waals surface area contributed by atoms with Gasteiger partial charge in [-0.05, 0) is 18.6 Å². The summed E-state index contributed by atoms with van der Waals surface area (Å²) in [4.78, 5) is 21.4. The first-order valence-corrected chi connectivity index (χ1v) is 5.16. The summed E-state index contributed by atoms with van der Waals surface area (Å²) in [5, 5.41) is 13.5. The Morgan fingerprint density at radius 2 is 2.25 bits per heavy atom. The molecule has 0 aliphatic rings. The standard InChI is InChI=1S/C10H11ClN2O3/c1-2-3-10(14)12-8-6-7(11)4-5-9(8)13(15)16/h4-6H,2-3H2,1H3,(H,12,14). The molecule has 0 unspecified atom stereocenters. The van der Waals surface area contributed by atoms with Crippen molar-refractivity contribution >= 4 is 28.9 Å². The third-order valence-corrected chi connectivity index (χ3v) is 2.14. The summed E-state index contributed by atoms with van der Waals surface area (Å²) in [5.41, 5.74) is -0.0233. The van der Waals surface area contributed by atoms with Crippen LogP contribution in [0.4, 0.5) is 11.4 Å². The molecule has 6 heteroatoms. The Hall–Kier alpha value is -1.62. The van der Waals surface area contributed by atoms with Crippen LogP contribution in [-0.4, -0.2) is 10.8 Å². The van der Waals surface area contributed by atoms with Crippen LogP contribution in [-0.2, 0) is 4.79 Å². The molecule has 0 spiro atoms. The second kappa shape index (κ2) is 5.46. The van der Waals surface area contributed by atoms with Gasteiger partial charge in [0, 0.05) is 17.5 Å². The van der Waals surface area contributed by atoms with Crippen LogP contribution in [0.25, 0.3) is 0 Å². The number of anilines is 1. The van der Waals surface area contributed by atoms with Gasteiger partial charge in [-0.1, -0.05) is 18.5 Å². The van der Waals surface area contributed by atoms with E-state index in [1.54, 1.807) is 0 Å². The lowest BCUT2D eigenvalue weighted by Crippen LogP contribution is -2.11. The van der Waals surface area contributed by atoms with Gasteiger partial charge in [0.15, 0.2) is 0 Å². The number of carbonyl (C=O) groups excluding carboxylic acids is 1. The lowest BCUT2D eigenvalue weighted by atomic mass is 10.2. The molecule has 0 aliphatic carbocycles. The van der Waals surface area contributed by atoms with E-state index in [4.69, 9.17) is 11.6 Å². The van der Waals surface area contributed by atoms with Crippen LogP contribution in [0.15, 0.2) is 18.2 Å². The molecular weight excluding hydrogens is 232 g/mol. The van der Waals surface area contributed by atoms with Gasteiger partial charge in [0.05, 0.1) is 4.92 Å². The van der Waals surface area contributed by atoms with Crippen LogP contribution < -0.4 is 5.32 Å². The molecule has 1 aromatic carbocycles. The molecule has 1 N–H and O–H groups in total. The smallest absolute Gasteiger partial charge is 0.292 e. The molecule has 0 atom stereocenters. The Labute approximate surface area is 97.6 Å². The lowest BCUT2D eigenvalue weighted by Gasteiger charge is -2.05. The molecule has 0 heterocycles. The summed E-state index contributed by atoms with van der Waals surface area (Å²) in [6.45, 7) is 1.85. The highest BCUT2D eigenvalue weighted by Gasteiger charge is 2.15. The Balaban J connectivity index is 2.96. The van der Waals surface area contributed by atoms with Crippen LogP contribution in [0, 0.1) is 10.1 Å².